The minimum absolute atomic E-state index is 0. The highest BCUT2D eigenvalue weighted by atomic mass is 35.5. The zero-order valence-electron chi connectivity index (χ0n) is 8.48. The molecule has 1 aliphatic rings. The lowest BCUT2D eigenvalue weighted by Crippen LogP contribution is -2.50. The van der Waals surface area contributed by atoms with Gasteiger partial charge in [-0.2, -0.15) is 0 Å². The Morgan fingerprint density at radius 1 is 1.60 bits per heavy atom. The van der Waals surface area contributed by atoms with Crippen molar-refractivity contribution in [3.8, 4) is 0 Å². The minimum atomic E-state index is 0. The van der Waals surface area contributed by atoms with Crippen LogP contribution in [0.4, 0.5) is 5.95 Å². The molecular weight excluding hydrogens is 235 g/mol. The maximum atomic E-state index is 5.82. The van der Waals surface area contributed by atoms with E-state index >= 15 is 0 Å². The fourth-order valence-corrected chi connectivity index (χ4v) is 1.74. The average Bonchev–Trinajstić information content (AvgIpc) is 2.18. The van der Waals surface area contributed by atoms with Crippen LogP contribution in [-0.4, -0.2) is 35.6 Å². The van der Waals surface area contributed by atoms with Crippen LogP contribution >= 0.6 is 24.0 Å². The summed E-state index contributed by atoms with van der Waals surface area (Å²) in [6.07, 6.45) is 1.69. The Morgan fingerprint density at radius 2 is 2.40 bits per heavy atom. The number of nitrogens with zero attached hydrogens (tertiary/aromatic N) is 3. The average molecular weight is 249 g/mol. The van der Waals surface area contributed by atoms with Crippen molar-refractivity contribution < 1.29 is 0 Å². The SMILES string of the molecule is CC1CNCCN1c1nccc(Cl)n1.Cl. The summed E-state index contributed by atoms with van der Waals surface area (Å²) in [7, 11) is 0. The monoisotopic (exact) mass is 248 g/mol. The predicted octanol–water partition coefficient (Wildman–Crippen LogP) is 1.35. The fourth-order valence-electron chi connectivity index (χ4n) is 1.60. The first-order valence-corrected chi connectivity index (χ1v) is 5.11. The molecule has 84 valence electrons. The standard InChI is InChI=1S/C9H13ClN4.ClH/c1-7-6-11-4-5-14(7)9-12-3-2-8(10)13-9;/h2-3,7,11H,4-6H2,1H3;1H. The molecule has 1 unspecified atom stereocenters. The number of aromatic nitrogens is 2. The summed E-state index contributed by atoms with van der Waals surface area (Å²) in [5.74, 6) is 0.728. The first kappa shape index (κ1) is 12.5. The molecule has 15 heavy (non-hydrogen) atoms. The molecule has 1 saturated heterocycles. The molecule has 0 aliphatic carbocycles. The van der Waals surface area contributed by atoms with E-state index in [1.165, 1.54) is 0 Å². The van der Waals surface area contributed by atoms with Gasteiger partial charge >= 0.3 is 0 Å². The first-order valence-electron chi connectivity index (χ1n) is 4.73. The number of hydrogen-bond acceptors (Lipinski definition) is 4. The van der Waals surface area contributed by atoms with E-state index in [4.69, 9.17) is 11.6 Å². The number of halogens is 2. The number of nitrogens with one attached hydrogen (secondary N) is 1. The Hall–Kier alpha value is -0.580. The van der Waals surface area contributed by atoms with Crippen LogP contribution in [0.1, 0.15) is 6.92 Å². The Morgan fingerprint density at radius 3 is 3.07 bits per heavy atom. The molecule has 4 nitrogen and oxygen atoms in total. The van der Waals surface area contributed by atoms with Crippen molar-refractivity contribution in [2.45, 2.75) is 13.0 Å². The van der Waals surface area contributed by atoms with Gasteiger partial charge in [0, 0.05) is 31.9 Å². The topological polar surface area (TPSA) is 41.0 Å². The molecule has 0 radical (unpaired) electrons. The molecule has 1 aromatic heterocycles. The summed E-state index contributed by atoms with van der Waals surface area (Å²) >= 11 is 5.82. The summed E-state index contributed by atoms with van der Waals surface area (Å²) in [5.41, 5.74) is 0. The maximum Gasteiger partial charge on any atom is 0.227 e. The largest absolute Gasteiger partial charge is 0.336 e. The zero-order chi connectivity index (χ0) is 9.97. The molecule has 2 heterocycles. The van der Waals surface area contributed by atoms with Crippen molar-refractivity contribution in [3.63, 3.8) is 0 Å². The molecule has 1 aromatic rings. The molecule has 1 atom stereocenters. The molecule has 0 saturated carbocycles. The number of piperazine rings is 1. The first-order chi connectivity index (χ1) is 6.77. The van der Waals surface area contributed by atoms with Crippen molar-refractivity contribution in [3.05, 3.63) is 17.4 Å². The molecule has 0 amide bonds. The van der Waals surface area contributed by atoms with Gasteiger partial charge in [-0.25, -0.2) is 9.97 Å². The van der Waals surface area contributed by atoms with Crippen molar-refractivity contribution in [2.24, 2.45) is 0 Å². The molecule has 1 fully saturated rings. The molecule has 2 rings (SSSR count). The van der Waals surface area contributed by atoms with Gasteiger partial charge in [0.2, 0.25) is 5.95 Å². The molecule has 0 bridgehead atoms. The van der Waals surface area contributed by atoms with E-state index in [0.29, 0.717) is 11.2 Å². The normalized spacial score (nSPS) is 20.9. The number of anilines is 1. The van der Waals surface area contributed by atoms with Gasteiger partial charge in [0.15, 0.2) is 0 Å². The van der Waals surface area contributed by atoms with Gasteiger partial charge in [-0.15, -0.1) is 12.4 Å². The lowest BCUT2D eigenvalue weighted by molar-refractivity contribution is 0.493. The Balaban J connectivity index is 0.00000112. The van der Waals surface area contributed by atoms with Gasteiger partial charge in [0.05, 0.1) is 0 Å². The van der Waals surface area contributed by atoms with E-state index in [1.54, 1.807) is 12.3 Å². The van der Waals surface area contributed by atoms with E-state index in [9.17, 15) is 0 Å². The van der Waals surface area contributed by atoms with Crippen LogP contribution in [0, 0.1) is 0 Å². The number of hydrogen-bond donors (Lipinski definition) is 1. The van der Waals surface area contributed by atoms with Crippen LogP contribution in [0.5, 0.6) is 0 Å². The summed E-state index contributed by atoms with van der Waals surface area (Å²) in [4.78, 5) is 10.6. The van der Waals surface area contributed by atoms with Crippen LogP contribution in [0.25, 0.3) is 0 Å². The van der Waals surface area contributed by atoms with Crippen LogP contribution < -0.4 is 10.2 Å². The second-order valence-electron chi connectivity index (χ2n) is 3.43. The van der Waals surface area contributed by atoms with E-state index in [0.717, 1.165) is 25.6 Å². The van der Waals surface area contributed by atoms with Crippen LogP contribution in [0.3, 0.4) is 0 Å². The molecule has 6 heteroatoms. The Kier molecular flexibility index (Phi) is 4.57. The van der Waals surface area contributed by atoms with Gasteiger partial charge in [0.25, 0.3) is 0 Å². The second-order valence-corrected chi connectivity index (χ2v) is 3.81. The van der Waals surface area contributed by atoms with E-state index in [-0.39, 0.29) is 12.4 Å². The van der Waals surface area contributed by atoms with Crippen LogP contribution in [-0.2, 0) is 0 Å². The van der Waals surface area contributed by atoms with Gasteiger partial charge in [-0.1, -0.05) is 11.6 Å². The van der Waals surface area contributed by atoms with Crippen LogP contribution in [0.2, 0.25) is 5.15 Å². The second kappa shape index (κ2) is 5.49. The molecule has 0 spiro atoms. The lowest BCUT2D eigenvalue weighted by atomic mass is 10.2. The van der Waals surface area contributed by atoms with Gasteiger partial charge in [-0.3, -0.25) is 0 Å². The van der Waals surface area contributed by atoms with Gasteiger partial charge < -0.3 is 10.2 Å². The lowest BCUT2D eigenvalue weighted by Gasteiger charge is -2.33. The Bertz CT molecular complexity index is 321. The van der Waals surface area contributed by atoms with Gasteiger partial charge in [0.1, 0.15) is 5.15 Å². The van der Waals surface area contributed by atoms with Crippen molar-refractivity contribution >= 4 is 30.0 Å². The van der Waals surface area contributed by atoms with Crippen molar-refractivity contribution in [1.29, 1.82) is 0 Å². The van der Waals surface area contributed by atoms with E-state index in [2.05, 4.69) is 27.1 Å². The van der Waals surface area contributed by atoms with E-state index in [1.807, 2.05) is 0 Å². The third kappa shape index (κ3) is 2.93. The third-order valence-electron chi connectivity index (χ3n) is 2.37. The number of rotatable bonds is 1. The summed E-state index contributed by atoms with van der Waals surface area (Å²) in [6.45, 7) is 5.02. The Labute approximate surface area is 100 Å². The smallest absolute Gasteiger partial charge is 0.227 e. The zero-order valence-corrected chi connectivity index (χ0v) is 10.1. The van der Waals surface area contributed by atoms with Crippen LogP contribution in [0.15, 0.2) is 12.3 Å². The predicted molar refractivity (Wildman–Crippen MR) is 64.0 cm³/mol. The maximum absolute atomic E-state index is 5.82. The summed E-state index contributed by atoms with van der Waals surface area (Å²) in [6, 6.07) is 2.11. The van der Waals surface area contributed by atoms with Crippen molar-refractivity contribution in [2.75, 3.05) is 24.5 Å². The minimum Gasteiger partial charge on any atom is -0.336 e. The fraction of sp³-hybridized carbons (Fsp3) is 0.556. The van der Waals surface area contributed by atoms with Crippen molar-refractivity contribution in [1.82, 2.24) is 15.3 Å². The molecular formula is C9H14Cl2N4. The van der Waals surface area contributed by atoms with Gasteiger partial charge in [-0.05, 0) is 13.0 Å². The summed E-state index contributed by atoms with van der Waals surface area (Å²) in [5, 5.41) is 3.82. The molecule has 0 aromatic carbocycles. The highest BCUT2D eigenvalue weighted by molar-refractivity contribution is 6.29. The molecule has 1 N–H and O–H groups in total. The highest BCUT2D eigenvalue weighted by Gasteiger charge is 2.20. The quantitative estimate of drug-likeness (QED) is 0.763. The summed E-state index contributed by atoms with van der Waals surface area (Å²) < 4.78 is 0. The highest BCUT2D eigenvalue weighted by Crippen LogP contribution is 2.14. The third-order valence-corrected chi connectivity index (χ3v) is 2.58. The molecule has 1 aliphatic heterocycles. The van der Waals surface area contributed by atoms with E-state index < -0.39 is 0 Å².